The molecule has 0 aliphatic heterocycles. The maximum atomic E-state index is 6.20. The van der Waals surface area contributed by atoms with Crippen LogP contribution < -0.4 is 14.9 Å². The molecule has 4 nitrogen and oxygen atoms in total. The van der Waals surface area contributed by atoms with Crippen molar-refractivity contribution >= 4 is 23.5 Å². The van der Waals surface area contributed by atoms with Crippen molar-refractivity contribution in [1.82, 2.24) is 0 Å². The molecule has 0 saturated carbocycles. The lowest BCUT2D eigenvalue weighted by molar-refractivity contribution is 0.311. The fourth-order valence-corrected chi connectivity index (χ4v) is 2.07. The van der Waals surface area contributed by atoms with E-state index in [-0.39, 0.29) is 0 Å². The van der Waals surface area contributed by atoms with Crippen molar-refractivity contribution in [1.29, 1.82) is 0 Å². The van der Waals surface area contributed by atoms with Crippen molar-refractivity contribution in [2.24, 2.45) is 5.10 Å². The molecule has 0 fully saturated rings. The standard InChI is InChI=1S/C16H17ClN2O2/c1-3-21-16-14(17)9-12(10-15(16)20-2)11-18-19-13-7-5-4-6-8-13/h4-11,19H,3H2,1-2H3/b18-11+. The van der Waals surface area contributed by atoms with Gasteiger partial charge in [-0.25, -0.2) is 0 Å². The van der Waals surface area contributed by atoms with Crippen LogP contribution in [-0.2, 0) is 0 Å². The zero-order valence-electron chi connectivity index (χ0n) is 12.0. The number of anilines is 1. The summed E-state index contributed by atoms with van der Waals surface area (Å²) in [7, 11) is 1.58. The lowest BCUT2D eigenvalue weighted by Gasteiger charge is -2.11. The Morgan fingerprint density at radius 3 is 2.67 bits per heavy atom. The Bertz CT molecular complexity index is 615. The minimum Gasteiger partial charge on any atom is -0.493 e. The highest BCUT2D eigenvalue weighted by molar-refractivity contribution is 6.32. The van der Waals surface area contributed by atoms with Gasteiger partial charge in [-0.2, -0.15) is 5.10 Å². The smallest absolute Gasteiger partial charge is 0.179 e. The molecule has 110 valence electrons. The molecule has 0 saturated heterocycles. The molecule has 0 heterocycles. The van der Waals surface area contributed by atoms with Gasteiger partial charge < -0.3 is 9.47 Å². The number of hydrogen-bond donors (Lipinski definition) is 1. The quantitative estimate of drug-likeness (QED) is 0.642. The van der Waals surface area contributed by atoms with Crippen molar-refractivity contribution < 1.29 is 9.47 Å². The summed E-state index contributed by atoms with van der Waals surface area (Å²) in [5.74, 6) is 1.14. The maximum absolute atomic E-state index is 6.20. The molecule has 0 aromatic heterocycles. The van der Waals surface area contributed by atoms with Gasteiger partial charge in [-0.05, 0) is 36.8 Å². The summed E-state index contributed by atoms with van der Waals surface area (Å²) in [4.78, 5) is 0. The Morgan fingerprint density at radius 2 is 2.00 bits per heavy atom. The summed E-state index contributed by atoms with van der Waals surface area (Å²) in [5, 5.41) is 4.67. The Kier molecular flexibility index (Phi) is 5.46. The summed E-state index contributed by atoms with van der Waals surface area (Å²) in [5.41, 5.74) is 4.68. The third-order valence-corrected chi connectivity index (χ3v) is 3.00. The van der Waals surface area contributed by atoms with Crippen molar-refractivity contribution in [3.8, 4) is 11.5 Å². The highest BCUT2D eigenvalue weighted by Gasteiger charge is 2.10. The van der Waals surface area contributed by atoms with Gasteiger partial charge in [0, 0.05) is 0 Å². The zero-order valence-corrected chi connectivity index (χ0v) is 12.7. The second kappa shape index (κ2) is 7.55. The van der Waals surface area contributed by atoms with Crippen LogP contribution in [0, 0.1) is 0 Å². The number of hydrazone groups is 1. The molecule has 0 unspecified atom stereocenters. The lowest BCUT2D eigenvalue weighted by atomic mass is 10.2. The van der Waals surface area contributed by atoms with E-state index in [9.17, 15) is 0 Å². The molecule has 21 heavy (non-hydrogen) atoms. The van der Waals surface area contributed by atoms with E-state index in [0.717, 1.165) is 11.3 Å². The van der Waals surface area contributed by atoms with Gasteiger partial charge in [0.1, 0.15) is 0 Å². The predicted octanol–water partition coefficient (Wildman–Crippen LogP) is 4.19. The first-order valence-corrected chi connectivity index (χ1v) is 6.97. The third kappa shape index (κ3) is 4.13. The highest BCUT2D eigenvalue weighted by atomic mass is 35.5. The molecule has 2 aromatic rings. The molecule has 5 heteroatoms. The van der Waals surface area contributed by atoms with Crippen LogP contribution in [0.2, 0.25) is 5.02 Å². The minimum atomic E-state index is 0.498. The van der Waals surface area contributed by atoms with E-state index in [1.54, 1.807) is 19.4 Å². The number of hydrogen-bond acceptors (Lipinski definition) is 4. The molecule has 1 N–H and O–H groups in total. The van der Waals surface area contributed by atoms with Crippen molar-refractivity contribution in [2.75, 3.05) is 19.1 Å². The molecule has 0 bridgehead atoms. The van der Waals surface area contributed by atoms with E-state index in [2.05, 4.69) is 10.5 Å². The number of para-hydroxylation sites is 1. The minimum absolute atomic E-state index is 0.498. The van der Waals surface area contributed by atoms with E-state index in [4.69, 9.17) is 21.1 Å². The van der Waals surface area contributed by atoms with Gasteiger partial charge in [0.25, 0.3) is 0 Å². The van der Waals surface area contributed by atoms with Gasteiger partial charge in [0.15, 0.2) is 11.5 Å². The Morgan fingerprint density at radius 1 is 1.24 bits per heavy atom. The van der Waals surface area contributed by atoms with Crippen molar-refractivity contribution in [3.05, 3.63) is 53.1 Å². The van der Waals surface area contributed by atoms with E-state index in [1.165, 1.54) is 0 Å². The number of nitrogens with zero attached hydrogens (tertiary/aromatic N) is 1. The van der Waals surface area contributed by atoms with Crippen molar-refractivity contribution in [3.63, 3.8) is 0 Å². The van der Waals surface area contributed by atoms with E-state index < -0.39 is 0 Å². The first-order chi connectivity index (χ1) is 10.2. The van der Waals surface area contributed by atoms with Crippen LogP contribution in [0.5, 0.6) is 11.5 Å². The fraction of sp³-hybridized carbons (Fsp3) is 0.188. The third-order valence-electron chi connectivity index (χ3n) is 2.72. The van der Waals surface area contributed by atoms with Crippen LogP contribution in [-0.4, -0.2) is 19.9 Å². The second-order valence-electron chi connectivity index (χ2n) is 4.20. The van der Waals surface area contributed by atoms with Gasteiger partial charge in [-0.3, -0.25) is 5.43 Å². The lowest BCUT2D eigenvalue weighted by Crippen LogP contribution is -1.98. The molecule has 0 aliphatic carbocycles. The molecule has 0 spiro atoms. The SMILES string of the molecule is CCOc1c(Cl)cc(/C=N/Nc2ccccc2)cc1OC. The first-order valence-electron chi connectivity index (χ1n) is 6.59. The fourth-order valence-electron chi connectivity index (χ4n) is 1.79. The number of halogens is 1. The maximum Gasteiger partial charge on any atom is 0.179 e. The first kappa shape index (κ1) is 15.2. The molecular weight excluding hydrogens is 288 g/mol. The number of methoxy groups -OCH3 is 1. The van der Waals surface area contributed by atoms with Gasteiger partial charge >= 0.3 is 0 Å². The van der Waals surface area contributed by atoms with Crippen LogP contribution in [0.4, 0.5) is 5.69 Å². The summed E-state index contributed by atoms with van der Waals surface area (Å²) < 4.78 is 10.8. The number of ether oxygens (including phenoxy) is 2. The Hall–Kier alpha value is -2.20. The second-order valence-corrected chi connectivity index (χ2v) is 4.61. The van der Waals surface area contributed by atoms with Crippen LogP contribution in [0.3, 0.4) is 0 Å². The Balaban J connectivity index is 2.15. The molecule has 0 radical (unpaired) electrons. The normalized spacial score (nSPS) is 10.6. The van der Waals surface area contributed by atoms with Gasteiger partial charge in [0.05, 0.1) is 30.6 Å². The van der Waals surface area contributed by atoms with E-state index in [0.29, 0.717) is 23.1 Å². The summed E-state index contributed by atoms with van der Waals surface area (Å²) >= 11 is 6.20. The molecule has 2 rings (SSSR count). The van der Waals surface area contributed by atoms with E-state index in [1.807, 2.05) is 43.3 Å². The predicted molar refractivity (Wildman–Crippen MR) is 86.8 cm³/mol. The molecule has 0 atom stereocenters. The molecule has 0 aliphatic rings. The average molecular weight is 305 g/mol. The summed E-state index contributed by atoms with van der Waals surface area (Å²) in [6, 6.07) is 13.3. The van der Waals surface area contributed by atoms with E-state index >= 15 is 0 Å². The van der Waals surface area contributed by atoms with Gasteiger partial charge in [-0.15, -0.1) is 0 Å². The van der Waals surface area contributed by atoms with Crippen LogP contribution >= 0.6 is 11.6 Å². The summed E-state index contributed by atoms with van der Waals surface area (Å²) in [6.07, 6.45) is 1.68. The van der Waals surface area contributed by atoms with Gasteiger partial charge in [-0.1, -0.05) is 29.8 Å². The molecule has 2 aromatic carbocycles. The highest BCUT2D eigenvalue weighted by Crippen LogP contribution is 2.35. The number of rotatable bonds is 6. The molecule has 0 amide bonds. The topological polar surface area (TPSA) is 42.8 Å². The largest absolute Gasteiger partial charge is 0.493 e. The monoisotopic (exact) mass is 304 g/mol. The van der Waals surface area contributed by atoms with Crippen LogP contribution in [0.25, 0.3) is 0 Å². The summed E-state index contributed by atoms with van der Waals surface area (Å²) in [6.45, 7) is 2.42. The number of nitrogens with one attached hydrogen (secondary N) is 1. The van der Waals surface area contributed by atoms with Gasteiger partial charge in [0.2, 0.25) is 0 Å². The van der Waals surface area contributed by atoms with Crippen molar-refractivity contribution in [2.45, 2.75) is 6.92 Å². The molecular formula is C16H17ClN2O2. The van der Waals surface area contributed by atoms with Crippen LogP contribution in [0.1, 0.15) is 12.5 Å². The average Bonchev–Trinajstić information content (AvgIpc) is 2.51. The number of benzene rings is 2. The Labute approximate surface area is 129 Å². The zero-order chi connectivity index (χ0) is 15.1. The van der Waals surface area contributed by atoms with Crippen LogP contribution in [0.15, 0.2) is 47.6 Å².